The van der Waals surface area contributed by atoms with Crippen molar-refractivity contribution in [2.75, 3.05) is 5.32 Å². The first-order valence-corrected chi connectivity index (χ1v) is 4.44. The van der Waals surface area contributed by atoms with E-state index in [-0.39, 0.29) is 11.3 Å². The fraction of sp³-hybridized carbons (Fsp3) is 0.111. The highest BCUT2D eigenvalue weighted by molar-refractivity contribution is 5.87. The normalized spacial score (nSPS) is 11.7. The lowest BCUT2D eigenvalue weighted by atomic mass is 10.4. The van der Waals surface area contributed by atoms with Gasteiger partial charge in [0, 0.05) is 6.20 Å². The monoisotopic (exact) mass is 245 g/mol. The van der Waals surface area contributed by atoms with E-state index >= 15 is 0 Å². The lowest BCUT2D eigenvalue weighted by molar-refractivity contribution is -0.145. The fourth-order valence-corrected chi connectivity index (χ4v) is 1.43. The highest BCUT2D eigenvalue weighted by Gasteiger charge is 2.37. The summed E-state index contributed by atoms with van der Waals surface area (Å²) < 4.78 is 38.6. The van der Waals surface area contributed by atoms with Crippen molar-refractivity contribution in [3.63, 3.8) is 0 Å². The zero-order valence-electron chi connectivity index (χ0n) is 8.19. The molecular formula is C9H6F3N3O2. The van der Waals surface area contributed by atoms with Gasteiger partial charge in [-0.1, -0.05) is 6.07 Å². The number of rotatable bonds is 1. The van der Waals surface area contributed by atoms with Gasteiger partial charge in [-0.3, -0.25) is 9.72 Å². The first kappa shape index (κ1) is 11.2. The van der Waals surface area contributed by atoms with Gasteiger partial charge in [0.1, 0.15) is 0 Å². The number of nitrogens with one attached hydrogen (secondary N) is 1. The summed E-state index contributed by atoms with van der Waals surface area (Å²) in [5.41, 5.74) is 0.0437. The van der Waals surface area contributed by atoms with Crippen molar-refractivity contribution in [3.8, 4) is 0 Å². The van der Waals surface area contributed by atoms with E-state index in [1.165, 1.54) is 18.2 Å². The SMILES string of the molecule is O=C(O)Nc1nc(C(F)(F)F)n2ccccc12. The lowest BCUT2D eigenvalue weighted by Gasteiger charge is -2.03. The van der Waals surface area contributed by atoms with Gasteiger partial charge in [-0.2, -0.15) is 13.2 Å². The van der Waals surface area contributed by atoms with Gasteiger partial charge in [-0.05, 0) is 12.1 Å². The van der Waals surface area contributed by atoms with E-state index in [0.717, 1.165) is 10.6 Å². The minimum Gasteiger partial charge on any atom is -0.465 e. The number of pyridine rings is 1. The van der Waals surface area contributed by atoms with Crippen LogP contribution in [0.4, 0.5) is 23.8 Å². The molecule has 17 heavy (non-hydrogen) atoms. The summed E-state index contributed by atoms with van der Waals surface area (Å²) in [7, 11) is 0. The Morgan fingerprint density at radius 1 is 1.41 bits per heavy atom. The third-order valence-corrected chi connectivity index (χ3v) is 2.03. The van der Waals surface area contributed by atoms with Gasteiger partial charge < -0.3 is 5.11 Å². The minimum atomic E-state index is -4.65. The van der Waals surface area contributed by atoms with Crippen molar-refractivity contribution in [2.45, 2.75) is 6.18 Å². The number of amides is 1. The number of hydrogen-bond acceptors (Lipinski definition) is 2. The van der Waals surface area contributed by atoms with Crippen LogP contribution >= 0.6 is 0 Å². The second-order valence-corrected chi connectivity index (χ2v) is 3.17. The molecule has 0 atom stereocenters. The van der Waals surface area contributed by atoms with Crippen LogP contribution in [0, 0.1) is 0 Å². The molecule has 1 amide bonds. The van der Waals surface area contributed by atoms with Gasteiger partial charge in [0.15, 0.2) is 5.82 Å². The number of imidazole rings is 1. The summed E-state index contributed by atoms with van der Waals surface area (Å²) in [6.07, 6.45) is -4.96. The van der Waals surface area contributed by atoms with Crippen molar-refractivity contribution in [3.05, 3.63) is 30.2 Å². The molecule has 0 aliphatic rings. The molecule has 2 rings (SSSR count). The van der Waals surface area contributed by atoms with Crippen LogP contribution in [0.1, 0.15) is 5.82 Å². The summed E-state index contributed by atoms with van der Waals surface area (Å²) in [6.45, 7) is 0. The molecule has 0 radical (unpaired) electrons. The Balaban J connectivity index is 2.67. The summed E-state index contributed by atoms with van der Waals surface area (Å²) in [5.74, 6) is -1.51. The molecule has 0 spiro atoms. The number of alkyl halides is 3. The first-order valence-electron chi connectivity index (χ1n) is 4.44. The summed E-state index contributed by atoms with van der Waals surface area (Å²) in [4.78, 5) is 13.7. The van der Waals surface area contributed by atoms with Gasteiger partial charge in [-0.25, -0.2) is 9.78 Å². The molecule has 0 fully saturated rings. The number of fused-ring (bicyclic) bond motifs is 1. The van der Waals surface area contributed by atoms with Crippen LogP contribution in [0.15, 0.2) is 24.4 Å². The molecule has 0 aromatic carbocycles. The molecule has 5 nitrogen and oxygen atoms in total. The van der Waals surface area contributed by atoms with Crippen LogP contribution in [0.5, 0.6) is 0 Å². The van der Waals surface area contributed by atoms with Crippen LogP contribution in [0.2, 0.25) is 0 Å². The minimum absolute atomic E-state index is 0.0437. The molecule has 2 heterocycles. The average molecular weight is 245 g/mol. The quantitative estimate of drug-likeness (QED) is 0.810. The van der Waals surface area contributed by atoms with Crippen LogP contribution in [-0.2, 0) is 6.18 Å². The Morgan fingerprint density at radius 2 is 2.12 bits per heavy atom. The van der Waals surface area contributed by atoms with Crippen molar-refractivity contribution in [2.24, 2.45) is 0 Å². The number of aromatic nitrogens is 2. The Hall–Kier alpha value is -2.25. The molecule has 8 heteroatoms. The number of halogens is 3. The molecule has 0 saturated carbocycles. The van der Waals surface area contributed by atoms with Gasteiger partial charge >= 0.3 is 12.3 Å². The number of carbonyl (C=O) groups is 1. The lowest BCUT2D eigenvalue weighted by Crippen LogP contribution is -2.11. The van der Waals surface area contributed by atoms with E-state index in [4.69, 9.17) is 5.11 Å². The van der Waals surface area contributed by atoms with Crippen molar-refractivity contribution < 1.29 is 23.1 Å². The van der Waals surface area contributed by atoms with E-state index < -0.39 is 18.1 Å². The molecule has 90 valence electrons. The number of carboxylic acid groups (broad SMARTS) is 1. The largest absolute Gasteiger partial charge is 0.465 e. The number of nitrogens with zero attached hydrogens (tertiary/aromatic N) is 2. The second-order valence-electron chi connectivity index (χ2n) is 3.17. The molecule has 2 aromatic heterocycles. The Morgan fingerprint density at radius 3 is 2.71 bits per heavy atom. The van der Waals surface area contributed by atoms with E-state index in [2.05, 4.69) is 4.98 Å². The van der Waals surface area contributed by atoms with Gasteiger partial charge in [0.05, 0.1) is 5.52 Å². The summed E-state index contributed by atoms with van der Waals surface area (Å²) in [5, 5.41) is 10.3. The standard InChI is InChI=1S/C9H6F3N3O2/c10-9(11,12)7-13-6(14-8(16)17)5-3-1-2-4-15(5)7/h1-4,14H,(H,16,17). The molecular weight excluding hydrogens is 239 g/mol. The topological polar surface area (TPSA) is 66.6 Å². The molecule has 2 N–H and O–H groups in total. The zero-order chi connectivity index (χ0) is 12.6. The van der Waals surface area contributed by atoms with Gasteiger partial charge in [0.2, 0.25) is 5.82 Å². The molecule has 0 unspecified atom stereocenters. The molecule has 0 bridgehead atoms. The predicted molar refractivity (Wildman–Crippen MR) is 51.8 cm³/mol. The second kappa shape index (κ2) is 3.65. The van der Waals surface area contributed by atoms with E-state index in [9.17, 15) is 18.0 Å². The van der Waals surface area contributed by atoms with Crippen LogP contribution in [-0.4, -0.2) is 20.6 Å². The van der Waals surface area contributed by atoms with Gasteiger partial charge in [0.25, 0.3) is 0 Å². The third kappa shape index (κ3) is 2.01. The molecule has 2 aromatic rings. The first-order chi connectivity index (χ1) is 7.89. The van der Waals surface area contributed by atoms with Crippen LogP contribution < -0.4 is 5.32 Å². The zero-order valence-corrected chi connectivity index (χ0v) is 8.19. The summed E-state index contributed by atoms with van der Waals surface area (Å²) in [6, 6.07) is 4.23. The number of anilines is 1. The molecule has 0 aliphatic carbocycles. The fourth-order valence-electron chi connectivity index (χ4n) is 1.43. The van der Waals surface area contributed by atoms with E-state index in [1.807, 2.05) is 5.32 Å². The van der Waals surface area contributed by atoms with Crippen LogP contribution in [0.25, 0.3) is 5.52 Å². The van der Waals surface area contributed by atoms with E-state index in [1.54, 1.807) is 0 Å². The Kier molecular flexibility index (Phi) is 2.41. The van der Waals surface area contributed by atoms with Crippen LogP contribution in [0.3, 0.4) is 0 Å². The average Bonchev–Trinajstić information content (AvgIpc) is 2.56. The molecule has 0 saturated heterocycles. The smallest absolute Gasteiger partial charge is 0.450 e. The Bertz CT molecular complexity index is 576. The van der Waals surface area contributed by atoms with Crippen molar-refractivity contribution in [1.29, 1.82) is 0 Å². The van der Waals surface area contributed by atoms with Crippen molar-refractivity contribution in [1.82, 2.24) is 9.38 Å². The molecule has 0 aliphatic heterocycles. The number of hydrogen-bond donors (Lipinski definition) is 2. The highest BCUT2D eigenvalue weighted by Crippen LogP contribution is 2.31. The van der Waals surface area contributed by atoms with Gasteiger partial charge in [-0.15, -0.1) is 0 Å². The maximum Gasteiger partial charge on any atom is 0.450 e. The highest BCUT2D eigenvalue weighted by atomic mass is 19.4. The van der Waals surface area contributed by atoms with Crippen molar-refractivity contribution >= 4 is 17.4 Å². The predicted octanol–water partition coefficient (Wildman–Crippen LogP) is 2.44. The Labute approximate surface area is 92.5 Å². The maximum atomic E-state index is 12.6. The summed E-state index contributed by atoms with van der Waals surface area (Å²) >= 11 is 0. The van der Waals surface area contributed by atoms with E-state index in [0.29, 0.717) is 0 Å². The maximum absolute atomic E-state index is 12.6. The third-order valence-electron chi connectivity index (χ3n) is 2.03.